The van der Waals surface area contributed by atoms with Crippen LogP contribution >= 0.6 is 0 Å². The zero-order chi connectivity index (χ0) is 11.0. The molecule has 1 aliphatic heterocycles. The molecule has 1 fully saturated rings. The van der Waals surface area contributed by atoms with Gasteiger partial charge in [0.1, 0.15) is 0 Å². The van der Waals surface area contributed by atoms with E-state index in [2.05, 4.69) is 10.2 Å². The standard InChI is InChI=1S/C8H17N3O.C2H6/c1-11-5-2-8(12,7-11)6-10-4-3-9;1-2/h3-4,10,12H,2,5-7,9H2,1H3;1-2H3/b4-3-;. The van der Waals surface area contributed by atoms with Gasteiger partial charge in [-0.2, -0.15) is 0 Å². The Labute approximate surface area is 86.8 Å². The number of likely N-dealkylation sites (N-methyl/N-ethyl adjacent to an activating group) is 1. The van der Waals surface area contributed by atoms with Crippen molar-refractivity contribution in [2.45, 2.75) is 25.9 Å². The minimum atomic E-state index is -0.575. The average Bonchev–Trinajstić information content (AvgIpc) is 2.51. The van der Waals surface area contributed by atoms with Crippen LogP contribution in [0.25, 0.3) is 0 Å². The van der Waals surface area contributed by atoms with E-state index in [0.717, 1.165) is 19.5 Å². The predicted molar refractivity (Wildman–Crippen MR) is 59.7 cm³/mol. The van der Waals surface area contributed by atoms with E-state index in [9.17, 15) is 5.11 Å². The van der Waals surface area contributed by atoms with E-state index >= 15 is 0 Å². The van der Waals surface area contributed by atoms with Crippen LogP contribution in [0.3, 0.4) is 0 Å². The van der Waals surface area contributed by atoms with Gasteiger partial charge in [0.2, 0.25) is 0 Å². The second-order valence-corrected chi connectivity index (χ2v) is 3.45. The molecular formula is C10H23N3O. The first kappa shape index (κ1) is 13.3. The summed E-state index contributed by atoms with van der Waals surface area (Å²) in [5.74, 6) is 0. The van der Waals surface area contributed by atoms with Crippen molar-refractivity contribution < 1.29 is 5.11 Å². The van der Waals surface area contributed by atoms with Crippen molar-refractivity contribution in [3.05, 3.63) is 12.4 Å². The molecule has 0 aliphatic carbocycles. The summed E-state index contributed by atoms with van der Waals surface area (Å²) in [6.07, 6.45) is 3.91. The van der Waals surface area contributed by atoms with E-state index in [1.54, 1.807) is 6.20 Å². The second-order valence-electron chi connectivity index (χ2n) is 3.45. The Hall–Kier alpha value is -0.740. The van der Waals surface area contributed by atoms with Crippen molar-refractivity contribution in [2.24, 2.45) is 5.73 Å². The van der Waals surface area contributed by atoms with Gasteiger partial charge in [0.05, 0.1) is 5.60 Å². The molecule has 0 aromatic carbocycles. The summed E-state index contributed by atoms with van der Waals surface area (Å²) >= 11 is 0. The lowest BCUT2D eigenvalue weighted by Crippen LogP contribution is -2.41. The highest BCUT2D eigenvalue weighted by Crippen LogP contribution is 2.18. The largest absolute Gasteiger partial charge is 0.403 e. The maximum absolute atomic E-state index is 9.91. The highest BCUT2D eigenvalue weighted by atomic mass is 16.3. The van der Waals surface area contributed by atoms with Crippen LogP contribution in [0.2, 0.25) is 0 Å². The summed E-state index contributed by atoms with van der Waals surface area (Å²) in [4.78, 5) is 2.12. The maximum Gasteiger partial charge on any atom is 0.0957 e. The Kier molecular flexibility index (Phi) is 6.32. The van der Waals surface area contributed by atoms with Crippen LogP contribution in [0.5, 0.6) is 0 Å². The first-order chi connectivity index (χ1) is 6.66. The normalized spacial score (nSPS) is 27.4. The minimum Gasteiger partial charge on any atom is -0.403 e. The van der Waals surface area contributed by atoms with Gasteiger partial charge in [0.25, 0.3) is 0 Å². The molecule has 4 heteroatoms. The van der Waals surface area contributed by atoms with Gasteiger partial charge in [0, 0.05) is 32.0 Å². The molecule has 0 saturated carbocycles. The van der Waals surface area contributed by atoms with Gasteiger partial charge in [0.15, 0.2) is 0 Å². The lowest BCUT2D eigenvalue weighted by molar-refractivity contribution is 0.0552. The predicted octanol–water partition coefficient (Wildman–Crippen LogP) is 0.0987. The summed E-state index contributed by atoms with van der Waals surface area (Å²) < 4.78 is 0. The monoisotopic (exact) mass is 201 g/mol. The van der Waals surface area contributed by atoms with E-state index in [-0.39, 0.29) is 0 Å². The fourth-order valence-electron chi connectivity index (χ4n) is 1.52. The third-order valence-electron chi connectivity index (χ3n) is 2.17. The second kappa shape index (κ2) is 6.68. The zero-order valence-corrected chi connectivity index (χ0v) is 9.45. The van der Waals surface area contributed by atoms with E-state index in [1.165, 1.54) is 6.20 Å². The van der Waals surface area contributed by atoms with Gasteiger partial charge in [-0.25, -0.2) is 0 Å². The number of rotatable bonds is 3. The first-order valence-corrected chi connectivity index (χ1v) is 5.17. The number of hydrogen-bond donors (Lipinski definition) is 3. The molecule has 14 heavy (non-hydrogen) atoms. The number of nitrogens with one attached hydrogen (secondary N) is 1. The summed E-state index contributed by atoms with van der Waals surface area (Å²) in [7, 11) is 2.01. The van der Waals surface area contributed by atoms with Gasteiger partial charge in [-0.15, -0.1) is 0 Å². The summed E-state index contributed by atoms with van der Waals surface area (Å²) in [6.45, 7) is 6.27. The molecule has 1 aliphatic rings. The van der Waals surface area contributed by atoms with Crippen LogP contribution in [0, 0.1) is 0 Å². The SMILES string of the molecule is CC.CN1CCC(O)(CN/C=C\N)C1. The quantitative estimate of drug-likeness (QED) is 0.606. The fraction of sp³-hybridized carbons (Fsp3) is 0.800. The number of nitrogens with zero attached hydrogens (tertiary/aromatic N) is 1. The molecule has 0 bridgehead atoms. The van der Waals surface area contributed by atoms with Gasteiger partial charge in [-0.3, -0.25) is 0 Å². The van der Waals surface area contributed by atoms with Crippen LogP contribution in [0.15, 0.2) is 12.4 Å². The summed E-state index contributed by atoms with van der Waals surface area (Å²) in [5, 5.41) is 12.9. The van der Waals surface area contributed by atoms with Gasteiger partial charge >= 0.3 is 0 Å². The lowest BCUT2D eigenvalue weighted by Gasteiger charge is -2.21. The average molecular weight is 201 g/mol. The lowest BCUT2D eigenvalue weighted by atomic mass is 10.0. The molecule has 1 saturated heterocycles. The van der Waals surface area contributed by atoms with E-state index in [4.69, 9.17) is 5.73 Å². The van der Waals surface area contributed by atoms with Crippen molar-refractivity contribution in [3.63, 3.8) is 0 Å². The smallest absolute Gasteiger partial charge is 0.0957 e. The van der Waals surface area contributed by atoms with Crippen LogP contribution in [-0.2, 0) is 0 Å². The third kappa shape index (κ3) is 4.48. The molecule has 1 heterocycles. The molecule has 0 aromatic rings. The Bertz CT molecular complexity index is 173. The number of likely N-dealkylation sites (tertiary alicyclic amines) is 1. The Morgan fingerprint density at radius 3 is 2.64 bits per heavy atom. The Balaban J connectivity index is 0.000000791. The van der Waals surface area contributed by atoms with Crippen LogP contribution in [-0.4, -0.2) is 42.3 Å². The molecule has 1 atom stereocenters. The molecule has 0 amide bonds. The van der Waals surface area contributed by atoms with Crippen LogP contribution < -0.4 is 11.1 Å². The molecule has 84 valence electrons. The number of nitrogens with two attached hydrogens (primary N) is 1. The number of β-amino-alcohol motifs (C(OH)–C–C–N with tert-alkyl or cyclic N) is 1. The number of aliphatic hydroxyl groups is 1. The zero-order valence-electron chi connectivity index (χ0n) is 9.45. The molecular weight excluding hydrogens is 178 g/mol. The summed E-state index contributed by atoms with van der Waals surface area (Å²) in [5.41, 5.74) is 4.57. The summed E-state index contributed by atoms with van der Waals surface area (Å²) in [6, 6.07) is 0. The third-order valence-corrected chi connectivity index (χ3v) is 2.17. The molecule has 0 aromatic heterocycles. The fourth-order valence-corrected chi connectivity index (χ4v) is 1.52. The van der Waals surface area contributed by atoms with E-state index in [1.807, 2.05) is 20.9 Å². The molecule has 4 nitrogen and oxygen atoms in total. The van der Waals surface area contributed by atoms with Gasteiger partial charge in [-0.05, 0) is 13.5 Å². The topological polar surface area (TPSA) is 61.5 Å². The first-order valence-electron chi connectivity index (χ1n) is 5.17. The highest BCUT2D eigenvalue weighted by Gasteiger charge is 2.33. The van der Waals surface area contributed by atoms with Crippen molar-refractivity contribution in [1.29, 1.82) is 0 Å². The molecule has 1 rings (SSSR count). The van der Waals surface area contributed by atoms with E-state index in [0.29, 0.717) is 6.54 Å². The van der Waals surface area contributed by atoms with Crippen molar-refractivity contribution in [1.82, 2.24) is 10.2 Å². The maximum atomic E-state index is 9.91. The Morgan fingerprint density at radius 2 is 2.21 bits per heavy atom. The molecule has 1 unspecified atom stereocenters. The molecule has 0 spiro atoms. The molecule has 4 N–H and O–H groups in total. The molecule has 0 radical (unpaired) electrons. The van der Waals surface area contributed by atoms with Crippen LogP contribution in [0.1, 0.15) is 20.3 Å². The van der Waals surface area contributed by atoms with Gasteiger partial charge < -0.3 is 21.1 Å². The van der Waals surface area contributed by atoms with Crippen molar-refractivity contribution in [3.8, 4) is 0 Å². The van der Waals surface area contributed by atoms with Gasteiger partial charge in [-0.1, -0.05) is 13.8 Å². The van der Waals surface area contributed by atoms with Crippen molar-refractivity contribution in [2.75, 3.05) is 26.7 Å². The van der Waals surface area contributed by atoms with Crippen LogP contribution in [0.4, 0.5) is 0 Å². The minimum absolute atomic E-state index is 0.574. The van der Waals surface area contributed by atoms with Crippen molar-refractivity contribution >= 4 is 0 Å². The number of hydrogen-bond acceptors (Lipinski definition) is 4. The Morgan fingerprint density at radius 1 is 1.57 bits per heavy atom. The highest BCUT2D eigenvalue weighted by molar-refractivity contribution is 4.92. The van der Waals surface area contributed by atoms with E-state index < -0.39 is 5.60 Å².